The minimum atomic E-state index is -0.333. The molecule has 1 heterocycles. The second-order valence-electron chi connectivity index (χ2n) is 1.85. The summed E-state index contributed by atoms with van der Waals surface area (Å²) in [4.78, 5) is 0. The third-order valence-electron chi connectivity index (χ3n) is 1.28. The summed E-state index contributed by atoms with van der Waals surface area (Å²) in [7, 11) is 1.71. The van der Waals surface area contributed by atoms with Gasteiger partial charge < -0.3 is 0 Å². The molecule has 0 aromatic carbocycles. The average Bonchev–Trinajstić information content (AvgIpc) is 2.12. The van der Waals surface area contributed by atoms with E-state index in [0.29, 0.717) is 12.1 Å². The molecule has 0 saturated carbocycles. The van der Waals surface area contributed by atoms with Crippen molar-refractivity contribution in [2.45, 2.75) is 13.3 Å². The summed E-state index contributed by atoms with van der Waals surface area (Å²) in [5.74, 6) is -0.333. The van der Waals surface area contributed by atoms with E-state index in [4.69, 9.17) is 0 Å². The van der Waals surface area contributed by atoms with Crippen molar-refractivity contribution in [3.05, 3.63) is 17.7 Å². The Morgan fingerprint density at radius 2 is 2.44 bits per heavy atom. The predicted octanol–water partition coefficient (Wildman–Crippen LogP) is 0.922. The lowest BCUT2D eigenvalue weighted by Crippen LogP contribution is -1.96. The van der Waals surface area contributed by atoms with Crippen LogP contribution in [0.5, 0.6) is 0 Å². The number of nitrogens with zero attached hydrogens (tertiary/aromatic N) is 2. The van der Waals surface area contributed by atoms with Gasteiger partial charge in [-0.2, -0.15) is 5.10 Å². The number of hydrogen-bond donors (Lipinski definition) is 0. The van der Waals surface area contributed by atoms with Crippen molar-refractivity contribution < 1.29 is 4.39 Å². The third kappa shape index (κ3) is 0.943. The highest BCUT2D eigenvalue weighted by Crippen LogP contribution is 2.03. The molecule has 1 aromatic heterocycles. The van der Waals surface area contributed by atoms with Crippen LogP contribution in [-0.2, 0) is 13.5 Å². The van der Waals surface area contributed by atoms with Gasteiger partial charge in [-0.1, -0.05) is 6.92 Å². The van der Waals surface area contributed by atoms with Crippen LogP contribution < -0.4 is 0 Å². The molecule has 0 unspecified atom stereocenters. The van der Waals surface area contributed by atoms with Crippen LogP contribution in [0.1, 0.15) is 12.6 Å². The van der Waals surface area contributed by atoms with Gasteiger partial charge in [0.25, 0.3) is 0 Å². The molecule has 0 aliphatic heterocycles. The lowest BCUT2D eigenvalue weighted by atomic mass is 10.3. The Morgan fingerprint density at radius 3 is 2.67 bits per heavy atom. The highest BCUT2D eigenvalue weighted by Gasteiger charge is 2.03. The molecule has 1 radical (unpaired) electrons. The summed E-state index contributed by atoms with van der Waals surface area (Å²) in [6.07, 6.45) is 2.90. The van der Waals surface area contributed by atoms with Gasteiger partial charge in [-0.25, -0.2) is 4.39 Å². The first-order valence-electron chi connectivity index (χ1n) is 2.84. The van der Waals surface area contributed by atoms with Crippen molar-refractivity contribution in [3.63, 3.8) is 0 Å². The lowest BCUT2D eigenvalue weighted by Gasteiger charge is -1.93. The number of halogens is 1. The van der Waals surface area contributed by atoms with Crippen LogP contribution in [0.2, 0.25) is 0 Å². The van der Waals surface area contributed by atoms with Gasteiger partial charge in [-0.15, -0.1) is 0 Å². The van der Waals surface area contributed by atoms with Crippen LogP contribution in [0.4, 0.5) is 4.39 Å². The zero-order chi connectivity index (χ0) is 6.85. The first-order valence-corrected chi connectivity index (χ1v) is 2.84. The van der Waals surface area contributed by atoms with Gasteiger partial charge in [0, 0.05) is 7.05 Å². The van der Waals surface area contributed by atoms with Crippen molar-refractivity contribution in [3.8, 4) is 0 Å². The molecule has 0 saturated heterocycles. The Hall–Kier alpha value is -0.860. The maximum absolute atomic E-state index is 12.5. The molecule has 2 nitrogen and oxygen atoms in total. The third-order valence-corrected chi connectivity index (χ3v) is 1.28. The molecule has 0 aliphatic rings. The van der Waals surface area contributed by atoms with E-state index in [9.17, 15) is 4.39 Å². The second kappa shape index (κ2) is 2.17. The van der Waals surface area contributed by atoms with E-state index < -0.39 is 0 Å². The van der Waals surface area contributed by atoms with Gasteiger partial charge in [0.05, 0.1) is 5.69 Å². The van der Waals surface area contributed by atoms with Gasteiger partial charge in [-0.3, -0.25) is 4.68 Å². The Morgan fingerprint density at radius 1 is 1.78 bits per heavy atom. The molecule has 0 bridgehead atoms. The Labute approximate surface area is 53.3 Å². The first-order chi connectivity index (χ1) is 4.25. The highest BCUT2D eigenvalue weighted by molar-refractivity contribution is 5.01. The van der Waals surface area contributed by atoms with E-state index in [1.165, 1.54) is 4.68 Å². The Balaban J connectivity index is 3.07. The van der Waals surface area contributed by atoms with E-state index in [-0.39, 0.29) is 5.82 Å². The SMILES string of the molecule is CCc1c(F)[c]nn1C. The maximum atomic E-state index is 12.5. The first kappa shape index (κ1) is 6.26. The molecule has 0 fully saturated rings. The fourth-order valence-corrected chi connectivity index (χ4v) is 0.770. The largest absolute Gasteiger partial charge is 0.269 e. The molecule has 0 spiro atoms. The average molecular weight is 127 g/mol. The monoisotopic (exact) mass is 127 g/mol. The van der Waals surface area contributed by atoms with Crippen molar-refractivity contribution >= 4 is 0 Å². The van der Waals surface area contributed by atoms with Crippen LogP contribution in [-0.4, -0.2) is 9.78 Å². The maximum Gasteiger partial charge on any atom is 0.174 e. The van der Waals surface area contributed by atoms with Gasteiger partial charge >= 0.3 is 0 Å². The van der Waals surface area contributed by atoms with E-state index >= 15 is 0 Å². The zero-order valence-corrected chi connectivity index (χ0v) is 5.48. The molecule has 9 heavy (non-hydrogen) atoms. The van der Waals surface area contributed by atoms with Crippen molar-refractivity contribution in [1.29, 1.82) is 0 Å². The molecule has 1 aromatic rings. The molecule has 0 amide bonds. The molecule has 0 aliphatic carbocycles. The van der Waals surface area contributed by atoms with Crippen molar-refractivity contribution in [2.75, 3.05) is 0 Å². The normalized spacial score (nSPS) is 10.1. The van der Waals surface area contributed by atoms with Crippen LogP contribution in [0.25, 0.3) is 0 Å². The second-order valence-corrected chi connectivity index (χ2v) is 1.85. The number of aromatic nitrogens is 2. The zero-order valence-electron chi connectivity index (χ0n) is 5.48. The Bertz CT molecular complexity index is 185. The minimum Gasteiger partial charge on any atom is -0.269 e. The quantitative estimate of drug-likeness (QED) is 0.548. The molecule has 0 N–H and O–H groups in total. The summed E-state index contributed by atoms with van der Waals surface area (Å²) in [6.45, 7) is 1.88. The molecule has 3 heteroatoms. The topological polar surface area (TPSA) is 17.8 Å². The summed E-state index contributed by atoms with van der Waals surface area (Å²) in [6, 6.07) is 0. The lowest BCUT2D eigenvalue weighted by molar-refractivity contribution is 0.599. The van der Waals surface area contributed by atoms with Crippen molar-refractivity contribution in [2.24, 2.45) is 7.05 Å². The van der Waals surface area contributed by atoms with E-state index in [1.807, 2.05) is 6.92 Å². The highest BCUT2D eigenvalue weighted by atomic mass is 19.1. The van der Waals surface area contributed by atoms with Crippen LogP contribution in [0, 0.1) is 12.0 Å². The Kier molecular flexibility index (Phi) is 1.51. The number of rotatable bonds is 1. The molecular weight excluding hydrogens is 119 g/mol. The van der Waals surface area contributed by atoms with E-state index in [2.05, 4.69) is 11.3 Å². The molecule has 49 valence electrons. The predicted molar refractivity (Wildman–Crippen MR) is 31.4 cm³/mol. The van der Waals surface area contributed by atoms with Crippen molar-refractivity contribution in [1.82, 2.24) is 9.78 Å². The van der Waals surface area contributed by atoms with Gasteiger partial charge in [0.1, 0.15) is 0 Å². The molecule has 1 rings (SSSR count). The van der Waals surface area contributed by atoms with Gasteiger partial charge in [-0.05, 0) is 6.42 Å². The smallest absolute Gasteiger partial charge is 0.174 e. The van der Waals surface area contributed by atoms with Gasteiger partial charge in [0.15, 0.2) is 12.0 Å². The minimum absolute atomic E-state index is 0.333. The van der Waals surface area contributed by atoms with Crippen LogP contribution >= 0.6 is 0 Å². The number of hydrogen-bond acceptors (Lipinski definition) is 1. The van der Waals surface area contributed by atoms with E-state index in [0.717, 1.165) is 0 Å². The summed E-state index contributed by atoms with van der Waals surface area (Å²) < 4.78 is 14.0. The molecule has 0 atom stereocenters. The summed E-state index contributed by atoms with van der Waals surface area (Å²) in [5.41, 5.74) is 0.606. The summed E-state index contributed by atoms with van der Waals surface area (Å²) >= 11 is 0. The van der Waals surface area contributed by atoms with E-state index in [1.54, 1.807) is 7.05 Å². The number of aryl methyl sites for hydroxylation is 1. The fourth-order valence-electron chi connectivity index (χ4n) is 0.770. The standard InChI is InChI=1S/C6H8FN2/c1-3-6-5(7)4-8-9(6)2/h3H2,1-2H3. The summed E-state index contributed by atoms with van der Waals surface area (Å²) in [5, 5.41) is 3.60. The molecular formula is C6H8FN2. The van der Waals surface area contributed by atoms with Gasteiger partial charge in [0.2, 0.25) is 0 Å². The van der Waals surface area contributed by atoms with Crippen LogP contribution in [0.3, 0.4) is 0 Å². The fraction of sp³-hybridized carbons (Fsp3) is 0.500. The van der Waals surface area contributed by atoms with Crippen LogP contribution in [0.15, 0.2) is 0 Å².